The van der Waals surface area contributed by atoms with Gasteiger partial charge >= 0.3 is 0 Å². The number of aldehydes is 1. The van der Waals surface area contributed by atoms with E-state index in [0.29, 0.717) is 11.9 Å². The van der Waals surface area contributed by atoms with Gasteiger partial charge in [0, 0.05) is 11.8 Å². The number of nitrogens with two attached hydrogens (primary N) is 2. The van der Waals surface area contributed by atoms with Crippen molar-refractivity contribution in [3.05, 3.63) is 24.0 Å². The van der Waals surface area contributed by atoms with E-state index >= 15 is 0 Å². The van der Waals surface area contributed by atoms with Gasteiger partial charge in [0.15, 0.2) is 6.29 Å². The predicted molar refractivity (Wildman–Crippen MR) is 31.7 cm³/mol. The molecule has 0 saturated heterocycles. The van der Waals surface area contributed by atoms with Crippen LogP contribution in [-0.4, -0.2) is 6.29 Å². The molecule has 0 heterocycles. The van der Waals surface area contributed by atoms with Crippen molar-refractivity contribution in [2.45, 2.75) is 0 Å². The molecule has 0 bridgehead atoms. The van der Waals surface area contributed by atoms with E-state index in [4.69, 9.17) is 11.5 Å². The molecule has 0 radical (unpaired) electrons. The average molecular weight is 112 g/mol. The molecule has 0 saturated carbocycles. The molecule has 0 unspecified atom stereocenters. The van der Waals surface area contributed by atoms with Gasteiger partial charge in [-0.3, -0.25) is 4.79 Å². The molecule has 0 aromatic heterocycles. The fraction of sp³-hybridized carbons (Fsp3) is 0. The van der Waals surface area contributed by atoms with E-state index in [1.165, 1.54) is 18.5 Å². The summed E-state index contributed by atoms with van der Waals surface area (Å²) in [6.07, 6.45) is 4.50. The summed E-state index contributed by atoms with van der Waals surface area (Å²) in [6, 6.07) is 0. The van der Waals surface area contributed by atoms with E-state index in [1.54, 1.807) is 0 Å². The van der Waals surface area contributed by atoms with E-state index in [-0.39, 0.29) is 0 Å². The second-order valence-electron chi connectivity index (χ2n) is 1.14. The van der Waals surface area contributed by atoms with Crippen molar-refractivity contribution in [3.8, 4) is 0 Å². The third-order valence-corrected chi connectivity index (χ3v) is 0.617. The van der Waals surface area contributed by atoms with Crippen LogP contribution in [0.25, 0.3) is 0 Å². The van der Waals surface area contributed by atoms with Crippen molar-refractivity contribution < 1.29 is 4.79 Å². The molecule has 4 N–H and O–H groups in total. The van der Waals surface area contributed by atoms with Gasteiger partial charge in [-0.2, -0.15) is 0 Å². The van der Waals surface area contributed by atoms with Crippen LogP contribution in [0.1, 0.15) is 0 Å². The molecule has 0 aliphatic carbocycles. The number of allylic oxidation sites excluding steroid dienone is 2. The Hall–Kier alpha value is -1.25. The first-order valence-corrected chi connectivity index (χ1v) is 2.10. The molecule has 0 aliphatic rings. The second kappa shape index (κ2) is 3.92. The summed E-state index contributed by atoms with van der Waals surface area (Å²) >= 11 is 0. The molecule has 0 amide bonds. The highest BCUT2D eigenvalue weighted by Crippen LogP contribution is 1.84. The summed E-state index contributed by atoms with van der Waals surface area (Å²) in [4.78, 5) is 9.87. The van der Waals surface area contributed by atoms with Crippen molar-refractivity contribution in [2.75, 3.05) is 0 Å². The lowest BCUT2D eigenvalue weighted by molar-refractivity contribution is -0.104. The summed E-state index contributed by atoms with van der Waals surface area (Å²) in [5, 5.41) is 0. The van der Waals surface area contributed by atoms with Crippen molar-refractivity contribution >= 4 is 6.29 Å². The van der Waals surface area contributed by atoms with Gasteiger partial charge in [0.1, 0.15) is 0 Å². The Morgan fingerprint density at radius 3 is 2.12 bits per heavy atom. The standard InChI is InChI=1S/C5H8N2O/c6-2-1-5(3-7)4-8/h1-4H,6-7H2/b2-1-,5-3+. The number of carbonyl (C=O) groups excluding carboxylic acids is 1. The molecular formula is C5H8N2O. The molecule has 0 atom stereocenters. The molecular weight excluding hydrogens is 104 g/mol. The molecule has 0 rings (SSSR count). The lowest BCUT2D eigenvalue weighted by Crippen LogP contribution is -1.88. The first-order valence-electron chi connectivity index (χ1n) is 2.10. The molecule has 0 aromatic rings. The minimum atomic E-state index is 0.382. The van der Waals surface area contributed by atoms with Crippen LogP contribution in [0.4, 0.5) is 0 Å². The van der Waals surface area contributed by atoms with Crippen LogP contribution < -0.4 is 11.5 Å². The summed E-state index contributed by atoms with van der Waals surface area (Å²) < 4.78 is 0. The highest BCUT2D eigenvalue weighted by Gasteiger charge is 1.80. The van der Waals surface area contributed by atoms with E-state index in [1.807, 2.05) is 0 Å². The highest BCUT2D eigenvalue weighted by atomic mass is 16.1. The zero-order valence-corrected chi connectivity index (χ0v) is 4.37. The van der Waals surface area contributed by atoms with Gasteiger partial charge in [0.2, 0.25) is 0 Å². The van der Waals surface area contributed by atoms with Crippen LogP contribution in [0.15, 0.2) is 24.0 Å². The summed E-state index contributed by atoms with van der Waals surface area (Å²) in [5.41, 5.74) is 10.3. The molecule has 8 heavy (non-hydrogen) atoms. The van der Waals surface area contributed by atoms with Crippen LogP contribution in [-0.2, 0) is 4.79 Å². The minimum absolute atomic E-state index is 0.382. The number of carbonyl (C=O) groups is 1. The van der Waals surface area contributed by atoms with Gasteiger partial charge in [-0.25, -0.2) is 0 Å². The lowest BCUT2D eigenvalue weighted by atomic mass is 10.3. The summed E-state index contributed by atoms with van der Waals surface area (Å²) in [5.74, 6) is 0. The lowest BCUT2D eigenvalue weighted by Gasteiger charge is -1.80. The molecule has 44 valence electrons. The first-order chi connectivity index (χ1) is 3.85. The van der Waals surface area contributed by atoms with Gasteiger partial charge in [0.25, 0.3) is 0 Å². The second-order valence-corrected chi connectivity index (χ2v) is 1.14. The van der Waals surface area contributed by atoms with E-state index in [9.17, 15) is 4.79 Å². The quantitative estimate of drug-likeness (QED) is 0.287. The molecule has 0 fully saturated rings. The highest BCUT2D eigenvalue weighted by molar-refractivity contribution is 5.76. The molecule has 0 spiro atoms. The van der Waals surface area contributed by atoms with Crippen LogP contribution in [0.3, 0.4) is 0 Å². The van der Waals surface area contributed by atoms with Crippen molar-refractivity contribution in [1.82, 2.24) is 0 Å². The largest absolute Gasteiger partial charge is 0.405 e. The third-order valence-electron chi connectivity index (χ3n) is 0.617. The molecule has 3 nitrogen and oxygen atoms in total. The van der Waals surface area contributed by atoms with E-state index in [2.05, 4.69) is 0 Å². The first kappa shape index (κ1) is 6.75. The zero-order chi connectivity index (χ0) is 6.41. The van der Waals surface area contributed by atoms with Crippen molar-refractivity contribution in [2.24, 2.45) is 11.5 Å². The van der Waals surface area contributed by atoms with Crippen LogP contribution in [0, 0.1) is 0 Å². The fourth-order valence-electron chi connectivity index (χ4n) is 0.245. The van der Waals surface area contributed by atoms with Gasteiger partial charge in [-0.15, -0.1) is 0 Å². The van der Waals surface area contributed by atoms with Gasteiger partial charge in [-0.1, -0.05) is 0 Å². The zero-order valence-electron chi connectivity index (χ0n) is 4.37. The Bertz CT molecular complexity index is 126. The van der Waals surface area contributed by atoms with Crippen LogP contribution in [0.2, 0.25) is 0 Å². The minimum Gasteiger partial charge on any atom is -0.405 e. The number of hydrogen-bond donors (Lipinski definition) is 2. The average Bonchev–Trinajstić information content (AvgIpc) is 1.83. The Kier molecular flexibility index (Phi) is 3.31. The SMILES string of the molecule is N/C=C\C(C=O)=C/N. The van der Waals surface area contributed by atoms with Crippen molar-refractivity contribution in [3.63, 3.8) is 0 Å². The monoisotopic (exact) mass is 112 g/mol. The smallest absolute Gasteiger partial charge is 0.151 e. The maximum atomic E-state index is 9.87. The van der Waals surface area contributed by atoms with Gasteiger partial charge in [-0.05, 0) is 12.3 Å². The number of hydrogen-bond acceptors (Lipinski definition) is 3. The van der Waals surface area contributed by atoms with Crippen LogP contribution >= 0.6 is 0 Å². The molecule has 0 aliphatic heterocycles. The van der Waals surface area contributed by atoms with E-state index < -0.39 is 0 Å². The third kappa shape index (κ3) is 2.02. The predicted octanol–water partition coefficient (Wildman–Crippen LogP) is -0.500. The topological polar surface area (TPSA) is 69.1 Å². The Morgan fingerprint density at radius 2 is 2.00 bits per heavy atom. The van der Waals surface area contributed by atoms with E-state index in [0.717, 1.165) is 0 Å². The number of rotatable bonds is 2. The van der Waals surface area contributed by atoms with Crippen LogP contribution in [0.5, 0.6) is 0 Å². The summed E-state index contributed by atoms with van der Waals surface area (Å²) in [6.45, 7) is 0. The molecule has 3 heteroatoms. The normalized spacial score (nSPS) is 12.2. The Morgan fingerprint density at radius 1 is 1.38 bits per heavy atom. The van der Waals surface area contributed by atoms with Crippen molar-refractivity contribution in [1.29, 1.82) is 0 Å². The Balaban J connectivity index is 3.91. The Labute approximate surface area is 47.7 Å². The maximum absolute atomic E-state index is 9.87. The summed E-state index contributed by atoms with van der Waals surface area (Å²) in [7, 11) is 0. The molecule has 0 aromatic carbocycles. The van der Waals surface area contributed by atoms with Gasteiger partial charge < -0.3 is 11.5 Å². The van der Waals surface area contributed by atoms with Gasteiger partial charge in [0.05, 0.1) is 0 Å². The maximum Gasteiger partial charge on any atom is 0.151 e. The fourth-order valence-corrected chi connectivity index (χ4v) is 0.245.